The van der Waals surface area contributed by atoms with Crippen LogP contribution in [0.4, 0.5) is 4.79 Å². The summed E-state index contributed by atoms with van der Waals surface area (Å²) >= 11 is 2.32. The van der Waals surface area contributed by atoms with E-state index in [2.05, 4.69) is 63.9 Å². The van der Waals surface area contributed by atoms with E-state index in [4.69, 9.17) is 19.3 Å². The van der Waals surface area contributed by atoms with E-state index < -0.39 is 5.60 Å². The number of benzene rings is 2. The Labute approximate surface area is 238 Å². The molecule has 0 radical (unpaired) electrons. The quantitative estimate of drug-likeness (QED) is 0.319. The van der Waals surface area contributed by atoms with Crippen LogP contribution in [0.1, 0.15) is 51.8 Å². The minimum absolute atomic E-state index is 0.0194. The lowest BCUT2D eigenvalue weighted by Crippen LogP contribution is -2.49. The number of carbonyl (C=O) groups is 1. The Morgan fingerprint density at radius 1 is 1.08 bits per heavy atom. The average molecular weight is 633 g/mol. The molecule has 2 saturated heterocycles. The molecule has 1 unspecified atom stereocenters. The summed E-state index contributed by atoms with van der Waals surface area (Å²) in [5, 5.41) is 5.95. The number of ether oxygens (including phenoxy) is 3. The molecule has 2 aromatic carbocycles. The molecule has 8 nitrogen and oxygen atoms in total. The number of halogens is 1. The van der Waals surface area contributed by atoms with Crippen molar-refractivity contribution in [2.24, 2.45) is 0 Å². The molecular weight excluding hydrogens is 595 g/mol. The molecule has 0 bridgehead atoms. The molecule has 1 amide bonds. The molecule has 3 aromatic rings. The minimum Gasteiger partial charge on any atom is -0.496 e. The van der Waals surface area contributed by atoms with Gasteiger partial charge < -0.3 is 19.1 Å². The number of hydrogen-bond donors (Lipinski definition) is 0. The molecule has 0 N–H and O–H groups in total. The van der Waals surface area contributed by atoms with E-state index in [9.17, 15) is 4.79 Å². The third-order valence-electron chi connectivity index (χ3n) is 7.13. The molecule has 1 aromatic heterocycles. The smallest absolute Gasteiger partial charge is 0.410 e. The second kappa shape index (κ2) is 11.4. The fourth-order valence-corrected chi connectivity index (χ4v) is 5.79. The molecule has 38 heavy (non-hydrogen) atoms. The van der Waals surface area contributed by atoms with Crippen LogP contribution in [-0.4, -0.2) is 71.2 Å². The van der Waals surface area contributed by atoms with Gasteiger partial charge in [-0.05, 0) is 92.0 Å². The zero-order chi connectivity index (χ0) is 26.9. The van der Waals surface area contributed by atoms with E-state index in [1.54, 1.807) is 12.0 Å². The van der Waals surface area contributed by atoms with Crippen molar-refractivity contribution >= 4 is 39.6 Å². The van der Waals surface area contributed by atoms with Crippen molar-refractivity contribution in [3.05, 3.63) is 45.7 Å². The molecule has 0 saturated carbocycles. The highest BCUT2D eigenvalue weighted by Gasteiger charge is 2.26. The second-order valence-electron chi connectivity index (χ2n) is 11.1. The highest BCUT2D eigenvalue weighted by Crippen LogP contribution is 2.34. The molecule has 3 heterocycles. The average Bonchev–Trinajstić information content (AvgIpc) is 3.24. The number of aromatic nitrogens is 2. The Morgan fingerprint density at radius 3 is 2.50 bits per heavy atom. The van der Waals surface area contributed by atoms with Crippen molar-refractivity contribution in [3.8, 4) is 16.9 Å². The van der Waals surface area contributed by atoms with Gasteiger partial charge in [-0.15, -0.1) is 0 Å². The maximum Gasteiger partial charge on any atom is 0.410 e. The summed E-state index contributed by atoms with van der Waals surface area (Å²) < 4.78 is 20.4. The van der Waals surface area contributed by atoms with E-state index in [0.29, 0.717) is 13.1 Å². The van der Waals surface area contributed by atoms with Crippen LogP contribution >= 0.6 is 22.6 Å². The van der Waals surface area contributed by atoms with Crippen LogP contribution in [-0.2, 0) is 16.0 Å². The largest absolute Gasteiger partial charge is 0.496 e. The van der Waals surface area contributed by atoms with Crippen LogP contribution in [0.2, 0.25) is 0 Å². The maximum absolute atomic E-state index is 12.4. The lowest BCUT2D eigenvalue weighted by atomic mass is 10.0. The van der Waals surface area contributed by atoms with Gasteiger partial charge in [0, 0.05) is 50.3 Å². The molecule has 2 aliphatic rings. The molecule has 5 rings (SSSR count). The second-order valence-corrected chi connectivity index (χ2v) is 12.1. The Kier molecular flexibility index (Phi) is 8.16. The first-order valence-corrected chi connectivity index (χ1v) is 14.5. The van der Waals surface area contributed by atoms with Crippen molar-refractivity contribution in [2.75, 3.05) is 39.9 Å². The van der Waals surface area contributed by atoms with Crippen LogP contribution in [0.25, 0.3) is 22.0 Å². The summed E-state index contributed by atoms with van der Waals surface area (Å²) in [6.45, 7) is 10.2. The predicted molar refractivity (Wildman–Crippen MR) is 156 cm³/mol. The zero-order valence-electron chi connectivity index (χ0n) is 22.7. The molecular formula is C29H37IN4O4. The van der Waals surface area contributed by atoms with Crippen molar-refractivity contribution in [1.82, 2.24) is 19.6 Å². The zero-order valence-corrected chi connectivity index (χ0v) is 24.9. The summed E-state index contributed by atoms with van der Waals surface area (Å²) in [5.41, 5.74) is 4.02. The van der Waals surface area contributed by atoms with Gasteiger partial charge >= 0.3 is 6.09 Å². The Hall–Kier alpha value is -2.37. The molecule has 9 heteroatoms. The number of hydrogen-bond acceptors (Lipinski definition) is 6. The van der Waals surface area contributed by atoms with Crippen molar-refractivity contribution < 1.29 is 19.0 Å². The lowest BCUT2D eigenvalue weighted by molar-refractivity contribution is -0.0368. The van der Waals surface area contributed by atoms with Crippen LogP contribution < -0.4 is 4.74 Å². The monoisotopic (exact) mass is 632 g/mol. The van der Waals surface area contributed by atoms with Gasteiger partial charge in [-0.2, -0.15) is 5.10 Å². The van der Waals surface area contributed by atoms with Crippen LogP contribution in [0.3, 0.4) is 0 Å². The van der Waals surface area contributed by atoms with Crippen LogP contribution in [0, 0.1) is 3.70 Å². The molecule has 204 valence electrons. The molecule has 1 atom stereocenters. The van der Waals surface area contributed by atoms with E-state index >= 15 is 0 Å². The topological polar surface area (TPSA) is 69.1 Å². The van der Waals surface area contributed by atoms with E-state index in [1.165, 1.54) is 6.42 Å². The van der Waals surface area contributed by atoms with Gasteiger partial charge in [0.2, 0.25) is 0 Å². The van der Waals surface area contributed by atoms with Crippen molar-refractivity contribution in [1.29, 1.82) is 0 Å². The predicted octanol–water partition coefficient (Wildman–Crippen LogP) is 6.07. The fourth-order valence-electron chi connectivity index (χ4n) is 5.13. The third kappa shape index (κ3) is 6.10. The van der Waals surface area contributed by atoms with Gasteiger partial charge in [0.25, 0.3) is 0 Å². The first kappa shape index (κ1) is 27.2. The van der Waals surface area contributed by atoms with Crippen LogP contribution in [0.5, 0.6) is 5.75 Å². The number of piperazine rings is 1. The summed E-state index contributed by atoms with van der Waals surface area (Å²) in [7, 11) is 1.73. The summed E-state index contributed by atoms with van der Waals surface area (Å²) in [6.07, 6.45) is 3.08. The summed E-state index contributed by atoms with van der Waals surface area (Å²) in [5.74, 6) is 0.873. The third-order valence-corrected chi connectivity index (χ3v) is 7.92. The maximum atomic E-state index is 12.4. The Balaban J connectivity index is 1.28. The SMILES string of the molecule is COc1cc(-c2ccc3c(c2)c(I)nn3C2CCCCO2)ccc1CN1CCN(C(=O)OC(C)(C)C)CC1. The summed E-state index contributed by atoms with van der Waals surface area (Å²) in [6, 6.07) is 13.0. The first-order chi connectivity index (χ1) is 18.2. The molecule has 2 aliphatic heterocycles. The van der Waals surface area contributed by atoms with Crippen LogP contribution in [0.15, 0.2) is 36.4 Å². The van der Waals surface area contributed by atoms with Gasteiger partial charge in [-0.25, -0.2) is 9.48 Å². The number of nitrogens with zero attached hydrogens (tertiary/aromatic N) is 4. The number of rotatable bonds is 5. The standard InChI is InChI=1S/C29H37IN4O4/c1-29(2,3)38-28(35)33-14-12-32(13-15-33)19-22-9-8-21(18-25(22)36-4)20-10-11-24-23(17-20)27(30)31-34(24)26-7-5-6-16-37-26/h8-11,17-18,26H,5-7,12-16,19H2,1-4H3. The number of methoxy groups -OCH3 is 1. The van der Waals surface area contributed by atoms with E-state index in [-0.39, 0.29) is 12.3 Å². The Morgan fingerprint density at radius 2 is 1.82 bits per heavy atom. The Bertz CT molecular complexity index is 1290. The number of amides is 1. The van der Waals surface area contributed by atoms with Gasteiger partial charge in [0.15, 0.2) is 6.23 Å². The molecule has 0 aliphatic carbocycles. The highest BCUT2D eigenvalue weighted by atomic mass is 127. The summed E-state index contributed by atoms with van der Waals surface area (Å²) in [4.78, 5) is 16.5. The normalized spacial score (nSPS) is 19.1. The van der Waals surface area contributed by atoms with Gasteiger partial charge in [0.05, 0.1) is 12.6 Å². The lowest BCUT2D eigenvalue weighted by Gasteiger charge is -2.35. The van der Waals surface area contributed by atoms with E-state index in [0.717, 1.165) is 76.1 Å². The number of carbonyl (C=O) groups excluding carboxylic acids is 1. The van der Waals surface area contributed by atoms with Gasteiger partial charge in [-0.1, -0.05) is 18.2 Å². The van der Waals surface area contributed by atoms with Gasteiger partial charge in [-0.3, -0.25) is 4.90 Å². The number of fused-ring (bicyclic) bond motifs is 1. The van der Waals surface area contributed by atoms with Crippen molar-refractivity contribution in [3.63, 3.8) is 0 Å². The van der Waals surface area contributed by atoms with E-state index in [1.807, 2.05) is 25.5 Å². The molecule has 2 fully saturated rings. The first-order valence-electron chi connectivity index (χ1n) is 13.4. The highest BCUT2D eigenvalue weighted by molar-refractivity contribution is 14.1. The van der Waals surface area contributed by atoms with Crippen molar-refractivity contribution in [2.45, 2.75) is 58.4 Å². The minimum atomic E-state index is -0.476. The fraction of sp³-hybridized carbons (Fsp3) is 0.517. The molecule has 0 spiro atoms. The van der Waals surface area contributed by atoms with Gasteiger partial charge in [0.1, 0.15) is 15.1 Å².